The van der Waals surface area contributed by atoms with Crippen molar-refractivity contribution in [3.8, 4) is 0 Å². The number of hydrogen-bond acceptors (Lipinski definition) is 8. The molecule has 4 heterocycles. The van der Waals surface area contributed by atoms with Crippen LogP contribution >= 0.6 is 11.6 Å². The molecule has 5 rings (SSSR count). The van der Waals surface area contributed by atoms with Crippen molar-refractivity contribution in [2.75, 3.05) is 5.32 Å². The molecule has 0 saturated carbocycles. The third-order valence-electron chi connectivity index (χ3n) is 5.21. The van der Waals surface area contributed by atoms with Crippen LogP contribution < -0.4 is 5.32 Å². The number of ether oxygens (including phenoxy) is 1. The van der Waals surface area contributed by atoms with Crippen LogP contribution in [0.5, 0.6) is 0 Å². The van der Waals surface area contributed by atoms with Crippen LogP contribution in [0.4, 0.5) is 15.9 Å². The highest BCUT2D eigenvalue weighted by Gasteiger charge is 2.34. The Labute approximate surface area is 188 Å². The largest absolute Gasteiger partial charge is 0.422 e. The van der Waals surface area contributed by atoms with Gasteiger partial charge in [0.15, 0.2) is 17.0 Å². The second-order valence-electron chi connectivity index (χ2n) is 8.65. The van der Waals surface area contributed by atoms with E-state index in [0.717, 1.165) is 12.8 Å². The van der Waals surface area contributed by atoms with Crippen LogP contribution in [0.15, 0.2) is 35.3 Å². The van der Waals surface area contributed by atoms with Crippen LogP contribution in [0.1, 0.15) is 57.7 Å². The van der Waals surface area contributed by atoms with Crippen molar-refractivity contribution in [1.29, 1.82) is 0 Å². The summed E-state index contributed by atoms with van der Waals surface area (Å²) in [7, 11) is 0. The van der Waals surface area contributed by atoms with Crippen molar-refractivity contribution < 1.29 is 13.5 Å². The Hall–Kier alpha value is -3.11. The van der Waals surface area contributed by atoms with Crippen molar-refractivity contribution in [1.82, 2.24) is 29.7 Å². The zero-order chi connectivity index (χ0) is 22.5. The van der Waals surface area contributed by atoms with Gasteiger partial charge in [-0.25, -0.2) is 19.3 Å². The summed E-state index contributed by atoms with van der Waals surface area (Å²) in [6.45, 7) is 6.05. The van der Waals surface area contributed by atoms with Crippen molar-refractivity contribution in [3.63, 3.8) is 0 Å². The van der Waals surface area contributed by atoms with Gasteiger partial charge in [-0.05, 0) is 31.0 Å². The Bertz CT molecular complexity index is 1280. The maximum Gasteiger partial charge on any atom is 0.245 e. The van der Waals surface area contributed by atoms with Gasteiger partial charge < -0.3 is 14.5 Å². The monoisotopic (exact) mass is 457 g/mol. The molecule has 3 aromatic heterocycles. The standard InChI is InChI=1S/C21H21ClFN7O2/c1-21(2,3)20-29-28-19(32-20)14-6-7-15(31-14)30-10-26-16-17(24-9-25-18(16)30)27-13-5-4-11(22)8-12(13)23/h4-5,8-10,14-15H,6-7H2,1-3H3,(H,24,25,27)/t14-,15+/m0/s1. The molecular formula is C21H21ClFN7O2. The number of benzene rings is 1. The number of aromatic nitrogens is 6. The van der Waals surface area contributed by atoms with E-state index in [0.29, 0.717) is 33.8 Å². The maximum absolute atomic E-state index is 14.2. The fourth-order valence-corrected chi connectivity index (χ4v) is 3.71. The van der Waals surface area contributed by atoms with Gasteiger partial charge in [-0.1, -0.05) is 32.4 Å². The number of fused-ring (bicyclic) bond motifs is 1. The third-order valence-corrected chi connectivity index (χ3v) is 5.44. The van der Waals surface area contributed by atoms with Gasteiger partial charge in [-0.3, -0.25) is 4.57 Å². The van der Waals surface area contributed by atoms with Gasteiger partial charge in [-0.15, -0.1) is 10.2 Å². The number of rotatable bonds is 4. The molecule has 4 aromatic rings. The first-order chi connectivity index (χ1) is 15.3. The average Bonchev–Trinajstić information content (AvgIpc) is 3.48. The third kappa shape index (κ3) is 3.80. The van der Waals surface area contributed by atoms with E-state index in [2.05, 4.69) is 30.5 Å². The van der Waals surface area contributed by atoms with E-state index >= 15 is 0 Å². The van der Waals surface area contributed by atoms with Crippen LogP contribution in [-0.2, 0) is 10.2 Å². The van der Waals surface area contributed by atoms with Gasteiger partial charge in [0, 0.05) is 10.4 Å². The van der Waals surface area contributed by atoms with Crippen LogP contribution in [-0.4, -0.2) is 29.7 Å². The molecule has 0 radical (unpaired) electrons. The maximum atomic E-state index is 14.2. The summed E-state index contributed by atoms with van der Waals surface area (Å²) in [4.78, 5) is 13.0. The van der Waals surface area contributed by atoms with Crippen LogP contribution in [0, 0.1) is 5.82 Å². The van der Waals surface area contributed by atoms with E-state index in [9.17, 15) is 4.39 Å². The normalized spacial score (nSPS) is 19.0. The minimum atomic E-state index is -0.486. The minimum absolute atomic E-state index is 0.228. The first-order valence-corrected chi connectivity index (χ1v) is 10.6. The molecule has 1 aromatic carbocycles. The van der Waals surface area contributed by atoms with Gasteiger partial charge in [0.1, 0.15) is 24.5 Å². The fraction of sp³-hybridized carbons (Fsp3) is 0.381. The summed E-state index contributed by atoms with van der Waals surface area (Å²) < 4.78 is 28.1. The molecule has 0 amide bonds. The Morgan fingerprint density at radius 1 is 1.16 bits per heavy atom. The Morgan fingerprint density at radius 2 is 2.00 bits per heavy atom. The lowest BCUT2D eigenvalue weighted by Crippen LogP contribution is -2.11. The Morgan fingerprint density at radius 3 is 2.75 bits per heavy atom. The molecule has 9 nitrogen and oxygen atoms in total. The molecule has 1 aliphatic rings. The summed E-state index contributed by atoms with van der Waals surface area (Å²) >= 11 is 5.83. The first kappa shape index (κ1) is 20.8. The van der Waals surface area contributed by atoms with Crippen molar-refractivity contribution >= 4 is 34.3 Å². The van der Waals surface area contributed by atoms with Crippen molar-refractivity contribution in [2.45, 2.75) is 51.4 Å². The minimum Gasteiger partial charge on any atom is -0.422 e. The van der Waals surface area contributed by atoms with E-state index in [1.54, 1.807) is 18.5 Å². The summed E-state index contributed by atoms with van der Waals surface area (Å²) in [5.74, 6) is 0.943. The molecule has 0 unspecified atom stereocenters. The first-order valence-electron chi connectivity index (χ1n) is 10.2. The number of anilines is 2. The molecule has 2 atom stereocenters. The fourth-order valence-electron chi connectivity index (χ4n) is 3.55. The van der Waals surface area contributed by atoms with Gasteiger partial charge >= 0.3 is 0 Å². The summed E-state index contributed by atoms with van der Waals surface area (Å²) in [6.07, 6.45) is 3.89. The summed E-state index contributed by atoms with van der Waals surface area (Å²) in [6, 6.07) is 4.37. The molecule has 0 bridgehead atoms. The molecule has 11 heteroatoms. The van der Waals surface area contributed by atoms with Crippen LogP contribution in [0.2, 0.25) is 5.02 Å². The molecule has 1 fully saturated rings. The summed E-state index contributed by atoms with van der Waals surface area (Å²) in [5.41, 5.74) is 1.09. The Balaban J connectivity index is 1.39. The molecule has 32 heavy (non-hydrogen) atoms. The predicted octanol–water partition coefficient (Wildman–Crippen LogP) is 5.09. The van der Waals surface area contributed by atoms with Crippen molar-refractivity contribution in [2.24, 2.45) is 0 Å². The molecule has 0 spiro atoms. The molecule has 166 valence electrons. The Kier molecular flexibility index (Phi) is 5.06. The number of nitrogens with one attached hydrogen (secondary N) is 1. The van der Waals surface area contributed by atoms with Crippen molar-refractivity contribution in [3.05, 3.63) is 53.5 Å². The quantitative estimate of drug-likeness (QED) is 0.451. The summed E-state index contributed by atoms with van der Waals surface area (Å²) in [5, 5.41) is 11.6. The highest BCUT2D eigenvalue weighted by atomic mass is 35.5. The van der Waals surface area contributed by atoms with E-state index < -0.39 is 5.82 Å². The van der Waals surface area contributed by atoms with Gasteiger partial charge in [-0.2, -0.15) is 0 Å². The lowest BCUT2D eigenvalue weighted by Gasteiger charge is -2.14. The second kappa shape index (κ2) is 7.79. The number of imidazole rings is 1. The van der Waals surface area contributed by atoms with E-state index in [1.807, 2.05) is 25.3 Å². The van der Waals surface area contributed by atoms with Gasteiger partial charge in [0.05, 0.1) is 12.0 Å². The molecule has 0 aliphatic carbocycles. The second-order valence-corrected chi connectivity index (χ2v) is 9.08. The molecule has 1 saturated heterocycles. The zero-order valence-corrected chi connectivity index (χ0v) is 18.5. The number of nitrogens with zero attached hydrogens (tertiary/aromatic N) is 6. The van der Waals surface area contributed by atoms with Crippen LogP contribution in [0.3, 0.4) is 0 Å². The van der Waals surface area contributed by atoms with E-state index in [-0.39, 0.29) is 23.4 Å². The zero-order valence-electron chi connectivity index (χ0n) is 17.7. The van der Waals surface area contributed by atoms with Crippen LogP contribution in [0.25, 0.3) is 11.2 Å². The topological polar surface area (TPSA) is 104 Å². The van der Waals surface area contributed by atoms with E-state index in [1.165, 1.54) is 12.4 Å². The molecule has 1 aliphatic heterocycles. The number of halogens is 2. The molecular weight excluding hydrogens is 437 g/mol. The highest BCUT2D eigenvalue weighted by molar-refractivity contribution is 6.30. The SMILES string of the molecule is CC(C)(C)c1nnc([C@@H]2CC[C@H](n3cnc4c(Nc5ccc(Cl)cc5F)ncnc43)O2)o1. The van der Waals surface area contributed by atoms with Gasteiger partial charge in [0.25, 0.3) is 0 Å². The lowest BCUT2D eigenvalue weighted by molar-refractivity contribution is -0.00967. The smallest absolute Gasteiger partial charge is 0.245 e. The number of hydrogen-bond donors (Lipinski definition) is 1. The van der Waals surface area contributed by atoms with E-state index in [4.69, 9.17) is 20.8 Å². The van der Waals surface area contributed by atoms with Gasteiger partial charge in [0.2, 0.25) is 11.8 Å². The average molecular weight is 458 g/mol. The molecule has 1 N–H and O–H groups in total. The lowest BCUT2D eigenvalue weighted by atomic mass is 9.97. The predicted molar refractivity (Wildman–Crippen MR) is 115 cm³/mol. The highest BCUT2D eigenvalue weighted by Crippen LogP contribution is 2.39.